The molecular formula is C20H22ClNO5. The third kappa shape index (κ3) is 5.37. The molecule has 0 aliphatic rings. The first kappa shape index (κ1) is 20.6. The number of halogens is 1. The van der Waals surface area contributed by atoms with E-state index in [4.69, 9.17) is 25.8 Å². The number of rotatable bonds is 7. The second kappa shape index (κ2) is 9.28. The molecule has 6 nitrogen and oxygen atoms in total. The number of methoxy groups -OCH3 is 1. The van der Waals surface area contributed by atoms with E-state index in [1.54, 1.807) is 12.1 Å². The minimum atomic E-state index is -0.991. The fourth-order valence-electron chi connectivity index (χ4n) is 2.29. The van der Waals surface area contributed by atoms with Crippen LogP contribution in [0.1, 0.15) is 29.8 Å². The summed E-state index contributed by atoms with van der Waals surface area (Å²) in [5.41, 5.74) is 1.86. The number of hydrogen-bond donors (Lipinski definition) is 1. The van der Waals surface area contributed by atoms with Gasteiger partial charge in [-0.05, 0) is 45.0 Å². The van der Waals surface area contributed by atoms with Gasteiger partial charge in [0, 0.05) is 5.69 Å². The van der Waals surface area contributed by atoms with Crippen LogP contribution in [0.2, 0.25) is 5.02 Å². The van der Waals surface area contributed by atoms with Crippen molar-refractivity contribution in [3.63, 3.8) is 0 Å². The summed E-state index contributed by atoms with van der Waals surface area (Å²) < 4.78 is 15.9. The van der Waals surface area contributed by atoms with Crippen LogP contribution in [0.4, 0.5) is 5.69 Å². The predicted octanol–water partition coefficient (Wildman–Crippen LogP) is 4.24. The van der Waals surface area contributed by atoms with Crippen molar-refractivity contribution < 1.29 is 23.8 Å². The van der Waals surface area contributed by atoms with Crippen molar-refractivity contribution in [3.8, 4) is 11.5 Å². The summed E-state index contributed by atoms with van der Waals surface area (Å²) in [6, 6.07) is 10.2. The summed E-state index contributed by atoms with van der Waals surface area (Å²) in [6.45, 7) is 5.66. The molecule has 0 bridgehead atoms. The van der Waals surface area contributed by atoms with Crippen LogP contribution in [-0.4, -0.2) is 31.7 Å². The Labute approximate surface area is 163 Å². The van der Waals surface area contributed by atoms with Crippen molar-refractivity contribution in [2.45, 2.75) is 26.9 Å². The van der Waals surface area contributed by atoms with Crippen molar-refractivity contribution in [3.05, 3.63) is 52.5 Å². The second-order valence-corrected chi connectivity index (χ2v) is 6.23. The number of ether oxygens (including phenoxy) is 3. The minimum absolute atomic E-state index is 0.162. The van der Waals surface area contributed by atoms with Gasteiger partial charge >= 0.3 is 5.97 Å². The van der Waals surface area contributed by atoms with Crippen LogP contribution in [0, 0.1) is 6.92 Å². The van der Waals surface area contributed by atoms with E-state index in [0.717, 1.165) is 5.56 Å². The SMILES string of the molecule is CCOc1c(Cl)cc(C(=O)O[C@@H](C)C(=O)Nc2ccc(C)cc2)cc1OC. The summed E-state index contributed by atoms with van der Waals surface area (Å²) >= 11 is 6.16. The Kier molecular flexibility index (Phi) is 7.07. The third-order valence-electron chi connectivity index (χ3n) is 3.73. The van der Waals surface area contributed by atoms with E-state index < -0.39 is 18.0 Å². The molecule has 1 atom stereocenters. The highest BCUT2D eigenvalue weighted by molar-refractivity contribution is 6.32. The Morgan fingerprint density at radius 2 is 1.85 bits per heavy atom. The molecule has 0 radical (unpaired) electrons. The standard InChI is InChI=1S/C20H22ClNO5/c1-5-26-18-16(21)10-14(11-17(18)25-4)20(24)27-13(3)19(23)22-15-8-6-12(2)7-9-15/h6-11,13H,5H2,1-4H3,(H,22,23)/t13-/m0/s1. The number of aryl methyl sites for hydroxylation is 1. The fourth-order valence-corrected chi connectivity index (χ4v) is 2.55. The molecule has 0 fully saturated rings. The van der Waals surface area contributed by atoms with E-state index in [-0.39, 0.29) is 10.6 Å². The molecular weight excluding hydrogens is 370 g/mol. The van der Waals surface area contributed by atoms with E-state index in [2.05, 4.69) is 5.32 Å². The van der Waals surface area contributed by atoms with Crippen LogP contribution in [-0.2, 0) is 9.53 Å². The lowest BCUT2D eigenvalue weighted by Crippen LogP contribution is -2.30. The summed E-state index contributed by atoms with van der Waals surface area (Å²) in [5.74, 6) is -0.461. The van der Waals surface area contributed by atoms with Crippen LogP contribution in [0.25, 0.3) is 0 Å². The number of anilines is 1. The number of esters is 1. The maximum absolute atomic E-state index is 12.4. The summed E-state index contributed by atoms with van der Waals surface area (Å²) in [6.07, 6.45) is -0.991. The first-order valence-electron chi connectivity index (χ1n) is 8.44. The molecule has 0 saturated carbocycles. The molecule has 0 saturated heterocycles. The van der Waals surface area contributed by atoms with Gasteiger partial charge in [-0.25, -0.2) is 4.79 Å². The minimum Gasteiger partial charge on any atom is -0.493 e. The number of benzene rings is 2. The largest absolute Gasteiger partial charge is 0.493 e. The lowest BCUT2D eigenvalue weighted by Gasteiger charge is -2.15. The highest BCUT2D eigenvalue weighted by atomic mass is 35.5. The maximum Gasteiger partial charge on any atom is 0.339 e. The second-order valence-electron chi connectivity index (χ2n) is 5.83. The highest BCUT2D eigenvalue weighted by Crippen LogP contribution is 2.36. The number of nitrogens with one attached hydrogen (secondary N) is 1. The Bertz CT molecular complexity index is 820. The van der Waals surface area contributed by atoms with Crippen LogP contribution in [0.3, 0.4) is 0 Å². The number of hydrogen-bond acceptors (Lipinski definition) is 5. The molecule has 0 aromatic heterocycles. The molecule has 0 spiro atoms. The van der Waals surface area contributed by atoms with E-state index in [1.807, 2.05) is 26.0 Å². The zero-order chi connectivity index (χ0) is 20.0. The van der Waals surface area contributed by atoms with E-state index in [1.165, 1.54) is 26.2 Å². The topological polar surface area (TPSA) is 73.9 Å². The van der Waals surface area contributed by atoms with Crippen molar-refractivity contribution >= 4 is 29.2 Å². The predicted molar refractivity (Wildman–Crippen MR) is 104 cm³/mol. The van der Waals surface area contributed by atoms with E-state index >= 15 is 0 Å². The van der Waals surface area contributed by atoms with Gasteiger partial charge in [-0.15, -0.1) is 0 Å². The van der Waals surface area contributed by atoms with E-state index in [9.17, 15) is 9.59 Å². The van der Waals surface area contributed by atoms with Gasteiger partial charge in [0.25, 0.3) is 5.91 Å². The van der Waals surface area contributed by atoms with Crippen molar-refractivity contribution in [1.82, 2.24) is 0 Å². The molecule has 1 N–H and O–H groups in total. The highest BCUT2D eigenvalue weighted by Gasteiger charge is 2.22. The van der Waals surface area contributed by atoms with Crippen molar-refractivity contribution in [1.29, 1.82) is 0 Å². The molecule has 0 aliphatic carbocycles. The van der Waals surface area contributed by atoms with E-state index in [0.29, 0.717) is 23.8 Å². The van der Waals surface area contributed by atoms with Gasteiger partial charge in [0.15, 0.2) is 17.6 Å². The Balaban J connectivity index is 2.08. The number of carbonyl (C=O) groups excluding carboxylic acids is 2. The van der Waals surface area contributed by atoms with Gasteiger partial charge in [0.2, 0.25) is 0 Å². The zero-order valence-corrected chi connectivity index (χ0v) is 16.4. The van der Waals surface area contributed by atoms with Crippen LogP contribution in [0.15, 0.2) is 36.4 Å². The number of amides is 1. The number of carbonyl (C=O) groups is 2. The van der Waals surface area contributed by atoms with Gasteiger partial charge < -0.3 is 19.5 Å². The first-order valence-corrected chi connectivity index (χ1v) is 8.82. The van der Waals surface area contributed by atoms with Gasteiger partial charge in [-0.3, -0.25) is 4.79 Å². The average molecular weight is 392 g/mol. The fraction of sp³-hybridized carbons (Fsp3) is 0.300. The zero-order valence-electron chi connectivity index (χ0n) is 15.7. The molecule has 0 unspecified atom stereocenters. The van der Waals surface area contributed by atoms with Gasteiger partial charge in [-0.2, -0.15) is 0 Å². The van der Waals surface area contributed by atoms with Crippen LogP contribution >= 0.6 is 11.6 Å². The monoisotopic (exact) mass is 391 g/mol. The normalized spacial score (nSPS) is 11.4. The van der Waals surface area contributed by atoms with Crippen LogP contribution in [0.5, 0.6) is 11.5 Å². The summed E-state index contributed by atoms with van der Waals surface area (Å²) in [5, 5.41) is 2.92. The van der Waals surface area contributed by atoms with Gasteiger partial charge in [0.1, 0.15) is 0 Å². The molecule has 0 aliphatic heterocycles. The molecule has 2 rings (SSSR count). The smallest absolute Gasteiger partial charge is 0.339 e. The van der Waals surface area contributed by atoms with Crippen molar-refractivity contribution in [2.75, 3.05) is 19.0 Å². The summed E-state index contributed by atoms with van der Waals surface area (Å²) in [4.78, 5) is 24.6. The molecule has 2 aromatic carbocycles. The quantitative estimate of drug-likeness (QED) is 0.714. The molecule has 7 heteroatoms. The molecule has 0 heterocycles. The van der Waals surface area contributed by atoms with Gasteiger partial charge in [-0.1, -0.05) is 29.3 Å². The first-order chi connectivity index (χ1) is 12.8. The third-order valence-corrected chi connectivity index (χ3v) is 4.01. The molecule has 27 heavy (non-hydrogen) atoms. The van der Waals surface area contributed by atoms with Gasteiger partial charge in [0.05, 0.1) is 24.3 Å². The average Bonchev–Trinajstić information content (AvgIpc) is 2.64. The maximum atomic E-state index is 12.4. The molecule has 144 valence electrons. The molecule has 1 amide bonds. The molecule has 2 aromatic rings. The van der Waals surface area contributed by atoms with Crippen LogP contribution < -0.4 is 14.8 Å². The Hall–Kier alpha value is -2.73. The summed E-state index contributed by atoms with van der Waals surface area (Å²) in [7, 11) is 1.45. The van der Waals surface area contributed by atoms with Crippen molar-refractivity contribution in [2.24, 2.45) is 0 Å². The Morgan fingerprint density at radius 3 is 2.44 bits per heavy atom. The Morgan fingerprint density at radius 1 is 1.19 bits per heavy atom. The lowest BCUT2D eigenvalue weighted by atomic mass is 10.2. The lowest BCUT2D eigenvalue weighted by molar-refractivity contribution is -0.123.